The second kappa shape index (κ2) is 17.3. The van der Waals surface area contributed by atoms with E-state index in [1.807, 2.05) is 20.8 Å². The molecule has 0 radical (unpaired) electrons. The lowest BCUT2D eigenvalue weighted by Crippen LogP contribution is -3.00. The van der Waals surface area contributed by atoms with Crippen LogP contribution in [0.15, 0.2) is 0 Å². The number of aliphatic hydroxyl groups is 1. The van der Waals surface area contributed by atoms with Gasteiger partial charge in [-0.05, 0) is 13.3 Å². The summed E-state index contributed by atoms with van der Waals surface area (Å²) in [6.07, 6.45) is 14.5. The number of aryl methyl sites for hydroxylation is 1. The molecule has 8 heteroatoms. The fourth-order valence-corrected chi connectivity index (χ4v) is 4.87. The molecule has 1 aliphatic rings. The molecule has 2 rings (SSSR count). The van der Waals surface area contributed by atoms with Gasteiger partial charge in [-0.3, -0.25) is 4.79 Å². The molecular formula is C30H53ClN2O5. The Hall–Kier alpha value is -1.41. The summed E-state index contributed by atoms with van der Waals surface area (Å²) in [5.74, 6) is -0.0993. The Morgan fingerprint density at radius 2 is 1.61 bits per heavy atom. The zero-order chi connectivity index (χ0) is 27.3. The summed E-state index contributed by atoms with van der Waals surface area (Å²) in [7, 11) is 4.18. The van der Waals surface area contributed by atoms with Gasteiger partial charge in [-0.1, -0.05) is 71.1 Å². The van der Waals surface area contributed by atoms with Crippen LogP contribution in [0.2, 0.25) is 0 Å². The van der Waals surface area contributed by atoms with Crippen molar-refractivity contribution in [3.8, 4) is 5.75 Å². The minimum atomic E-state index is -0.708. The van der Waals surface area contributed by atoms with E-state index in [9.17, 15) is 9.90 Å². The lowest BCUT2D eigenvalue weighted by molar-refractivity contribution is -0.904. The summed E-state index contributed by atoms with van der Waals surface area (Å²) in [6.45, 7) is 9.87. The molecule has 1 N–H and O–H groups in total. The molecule has 1 aromatic rings. The van der Waals surface area contributed by atoms with Crippen LogP contribution in [0.1, 0.15) is 120 Å². The molecule has 0 aliphatic carbocycles. The number of esters is 1. The molecule has 0 saturated heterocycles. The molecule has 0 aromatic carbocycles. The van der Waals surface area contributed by atoms with Crippen molar-refractivity contribution in [2.75, 3.05) is 27.2 Å². The highest BCUT2D eigenvalue weighted by molar-refractivity contribution is 5.69. The van der Waals surface area contributed by atoms with Gasteiger partial charge in [-0.25, -0.2) is 4.98 Å². The van der Waals surface area contributed by atoms with Crippen molar-refractivity contribution in [3.63, 3.8) is 0 Å². The molecule has 0 unspecified atom stereocenters. The molecule has 0 fully saturated rings. The molecule has 38 heavy (non-hydrogen) atoms. The standard InChI is InChI=1S/C30H53N2O5.ClH/c1-7-8-9-10-11-12-13-14-15-16-17-18-28(34)35-20-19-32(5,6)21-27-25(22-33)26-23-36-30(3,4)37-29(26)24(2)31-27;/h33H,7-23H2,1-6H3;1H/q+1;/p-1. The maximum absolute atomic E-state index is 12.2. The van der Waals surface area contributed by atoms with E-state index in [4.69, 9.17) is 19.2 Å². The van der Waals surface area contributed by atoms with E-state index >= 15 is 0 Å². The fourth-order valence-electron chi connectivity index (χ4n) is 4.87. The molecule has 1 aromatic heterocycles. The number of nitrogens with zero attached hydrogens (tertiary/aromatic N) is 2. The molecule has 0 saturated carbocycles. The van der Waals surface area contributed by atoms with Crippen molar-refractivity contribution < 1.29 is 41.0 Å². The van der Waals surface area contributed by atoms with Gasteiger partial charge >= 0.3 is 5.97 Å². The number of pyridine rings is 1. The predicted molar refractivity (Wildman–Crippen MR) is 147 cm³/mol. The van der Waals surface area contributed by atoms with E-state index < -0.39 is 5.79 Å². The minimum absolute atomic E-state index is 0. The van der Waals surface area contributed by atoms with E-state index in [1.54, 1.807) is 0 Å². The average molecular weight is 557 g/mol. The monoisotopic (exact) mass is 556 g/mol. The lowest BCUT2D eigenvalue weighted by atomic mass is 10.0. The highest BCUT2D eigenvalue weighted by Crippen LogP contribution is 2.37. The van der Waals surface area contributed by atoms with E-state index in [1.165, 1.54) is 57.8 Å². The number of rotatable bonds is 18. The summed E-state index contributed by atoms with van der Waals surface area (Å²) in [4.78, 5) is 17.0. The Morgan fingerprint density at radius 3 is 2.18 bits per heavy atom. The molecule has 0 spiro atoms. The molecular weight excluding hydrogens is 504 g/mol. The summed E-state index contributed by atoms with van der Waals surface area (Å²) in [5.41, 5.74) is 3.29. The van der Waals surface area contributed by atoms with Crippen molar-refractivity contribution in [3.05, 3.63) is 22.5 Å². The molecule has 0 amide bonds. The number of fused-ring (bicyclic) bond motifs is 1. The largest absolute Gasteiger partial charge is 1.00 e. The Kier molecular flexibility index (Phi) is 15.8. The van der Waals surface area contributed by atoms with E-state index in [0.29, 0.717) is 43.0 Å². The van der Waals surface area contributed by atoms with Crippen molar-refractivity contribution in [2.24, 2.45) is 0 Å². The number of carbonyl (C=O) groups is 1. The van der Waals surface area contributed by atoms with Crippen LogP contribution in [-0.2, 0) is 34.0 Å². The van der Waals surface area contributed by atoms with Crippen molar-refractivity contribution in [1.82, 2.24) is 4.98 Å². The maximum atomic E-state index is 12.2. The fraction of sp³-hybridized carbons (Fsp3) is 0.800. The zero-order valence-corrected chi connectivity index (χ0v) is 25.6. The van der Waals surface area contributed by atoms with Crippen molar-refractivity contribution in [2.45, 2.75) is 130 Å². The first-order valence-electron chi connectivity index (χ1n) is 14.5. The first-order valence-corrected chi connectivity index (χ1v) is 14.5. The lowest BCUT2D eigenvalue weighted by Gasteiger charge is -2.35. The maximum Gasteiger partial charge on any atom is 0.305 e. The number of unbranched alkanes of at least 4 members (excludes halogenated alkanes) is 10. The predicted octanol–water partition coefficient (Wildman–Crippen LogP) is 3.35. The van der Waals surface area contributed by atoms with Crippen molar-refractivity contribution in [1.29, 1.82) is 0 Å². The number of hydrogen-bond acceptors (Lipinski definition) is 6. The number of aromatic nitrogens is 1. The van der Waals surface area contributed by atoms with Crippen LogP contribution in [0.25, 0.3) is 0 Å². The Morgan fingerprint density at radius 1 is 1.03 bits per heavy atom. The van der Waals surface area contributed by atoms with Crippen LogP contribution >= 0.6 is 0 Å². The van der Waals surface area contributed by atoms with Gasteiger partial charge < -0.3 is 36.2 Å². The van der Waals surface area contributed by atoms with E-state index in [0.717, 1.165) is 35.4 Å². The first kappa shape index (κ1) is 34.6. The Balaban J connectivity index is 0.00000722. The number of hydrogen-bond donors (Lipinski definition) is 1. The minimum Gasteiger partial charge on any atom is -1.00 e. The summed E-state index contributed by atoms with van der Waals surface area (Å²) in [6, 6.07) is 0. The van der Waals surface area contributed by atoms with Gasteiger partial charge in [0.1, 0.15) is 31.1 Å². The van der Waals surface area contributed by atoms with Gasteiger partial charge in [-0.15, -0.1) is 0 Å². The number of carbonyl (C=O) groups excluding carboxylic acids is 1. The Bertz CT molecular complexity index is 844. The molecule has 1 aliphatic heterocycles. The average Bonchev–Trinajstić information content (AvgIpc) is 2.82. The van der Waals surface area contributed by atoms with Gasteiger partial charge in [0, 0.05) is 31.4 Å². The van der Waals surface area contributed by atoms with Crippen LogP contribution in [0, 0.1) is 6.92 Å². The number of aliphatic hydroxyl groups excluding tert-OH is 1. The van der Waals surface area contributed by atoms with E-state index in [-0.39, 0.29) is 25.0 Å². The first-order chi connectivity index (χ1) is 17.6. The third-order valence-corrected chi connectivity index (χ3v) is 7.21. The number of quaternary nitrogens is 1. The quantitative estimate of drug-likeness (QED) is 0.170. The molecule has 2 heterocycles. The topological polar surface area (TPSA) is 77.9 Å². The third kappa shape index (κ3) is 12.2. The second-order valence-electron chi connectivity index (χ2n) is 11.7. The van der Waals surface area contributed by atoms with Crippen LogP contribution in [0.4, 0.5) is 0 Å². The molecule has 0 atom stereocenters. The second-order valence-corrected chi connectivity index (χ2v) is 11.7. The highest BCUT2D eigenvalue weighted by atomic mass is 35.5. The molecule has 220 valence electrons. The van der Waals surface area contributed by atoms with E-state index in [2.05, 4.69) is 21.0 Å². The van der Waals surface area contributed by atoms with Gasteiger partial charge in [0.05, 0.1) is 33.0 Å². The van der Waals surface area contributed by atoms with Crippen molar-refractivity contribution >= 4 is 5.97 Å². The summed E-state index contributed by atoms with van der Waals surface area (Å²) in [5, 5.41) is 10.1. The smallest absolute Gasteiger partial charge is 0.305 e. The zero-order valence-electron chi connectivity index (χ0n) is 24.9. The molecule has 7 nitrogen and oxygen atoms in total. The number of ether oxygens (including phenoxy) is 3. The van der Waals surface area contributed by atoms with Gasteiger partial charge in [0.2, 0.25) is 5.79 Å². The Labute approximate surface area is 237 Å². The SMILES string of the molecule is CCCCCCCCCCCCCC(=O)OCC[N+](C)(C)Cc1nc(C)c2c(c1CO)COC(C)(C)O2.[Cl-]. The normalized spacial score (nSPS) is 14.4. The highest BCUT2D eigenvalue weighted by Gasteiger charge is 2.33. The van der Waals surface area contributed by atoms with Crippen LogP contribution in [0.5, 0.6) is 5.75 Å². The molecule has 0 bridgehead atoms. The number of halogens is 1. The van der Waals surface area contributed by atoms with Gasteiger partial charge in [-0.2, -0.15) is 0 Å². The van der Waals surface area contributed by atoms with Gasteiger partial charge in [0.15, 0.2) is 0 Å². The number of likely N-dealkylation sites (N-methyl/N-ethyl adjacent to an activating group) is 1. The summed E-state index contributed by atoms with van der Waals surface area (Å²) < 4.78 is 17.9. The third-order valence-electron chi connectivity index (χ3n) is 7.21. The van der Waals surface area contributed by atoms with Crippen LogP contribution in [-0.4, -0.2) is 53.6 Å². The van der Waals surface area contributed by atoms with Crippen LogP contribution in [0.3, 0.4) is 0 Å². The van der Waals surface area contributed by atoms with Gasteiger partial charge in [0.25, 0.3) is 0 Å². The van der Waals surface area contributed by atoms with Crippen LogP contribution < -0.4 is 17.1 Å². The summed E-state index contributed by atoms with van der Waals surface area (Å²) >= 11 is 0.